The number of carbonyl (C=O) groups excluding carboxylic acids is 1. The lowest BCUT2D eigenvalue weighted by Crippen LogP contribution is -2.14. The Balaban J connectivity index is 1.50. The predicted octanol–water partition coefficient (Wildman–Crippen LogP) is 4.00. The lowest BCUT2D eigenvalue weighted by atomic mass is 10.0. The van der Waals surface area contributed by atoms with Crippen molar-refractivity contribution in [3.63, 3.8) is 0 Å². The Hall–Kier alpha value is -3.94. The number of methoxy groups -OCH3 is 2. The quantitative estimate of drug-likeness (QED) is 0.476. The van der Waals surface area contributed by atoms with E-state index in [1.165, 1.54) is 6.33 Å². The van der Waals surface area contributed by atoms with Gasteiger partial charge in [0.2, 0.25) is 5.91 Å². The van der Waals surface area contributed by atoms with Crippen molar-refractivity contribution in [2.24, 2.45) is 0 Å². The van der Waals surface area contributed by atoms with E-state index in [0.29, 0.717) is 24.3 Å². The molecule has 2 heterocycles. The lowest BCUT2D eigenvalue weighted by Gasteiger charge is -2.13. The van der Waals surface area contributed by atoms with Crippen LogP contribution in [0.1, 0.15) is 23.4 Å². The zero-order valence-electron chi connectivity index (χ0n) is 18.5. The van der Waals surface area contributed by atoms with E-state index in [2.05, 4.69) is 20.4 Å². The summed E-state index contributed by atoms with van der Waals surface area (Å²) in [6.45, 7) is 3.90. The average molecular weight is 431 g/mol. The van der Waals surface area contributed by atoms with E-state index in [1.807, 2.05) is 56.3 Å². The van der Waals surface area contributed by atoms with Gasteiger partial charge in [0.05, 0.1) is 14.2 Å². The molecule has 1 amide bonds. The van der Waals surface area contributed by atoms with E-state index in [1.54, 1.807) is 18.7 Å². The van der Waals surface area contributed by atoms with Crippen LogP contribution >= 0.6 is 0 Å². The minimum absolute atomic E-state index is 0.0756. The van der Waals surface area contributed by atoms with E-state index < -0.39 is 0 Å². The maximum absolute atomic E-state index is 12.7. The van der Waals surface area contributed by atoms with E-state index in [9.17, 15) is 4.79 Å². The van der Waals surface area contributed by atoms with E-state index in [4.69, 9.17) is 9.47 Å². The third kappa shape index (κ3) is 4.25. The fraction of sp³-hybridized carbons (Fsp3) is 0.250. The number of rotatable bonds is 7. The van der Waals surface area contributed by atoms with Crippen molar-refractivity contribution in [3.05, 3.63) is 65.7 Å². The summed E-state index contributed by atoms with van der Waals surface area (Å²) in [5, 5.41) is 7.20. The standard InChI is InChI=1S/C24H25N5O3/c1-15-20(16(2)29-24(27-15)25-14-26-29)10-12-23(30)28-18-7-11-22(32-4)21(13-18)17-5-8-19(31-3)9-6-17/h5-9,11,13-14H,10,12H2,1-4H3,(H,28,30). The monoisotopic (exact) mass is 431 g/mol. The summed E-state index contributed by atoms with van der Waals surface area (Å²) >= 11 is 0. The molecule has 0 atom stereocenters. The summed E-state index contributed by atoms with van der Waals surface area (Å²) in [4.78, 5) is 21.3. The second kappa shape index (κ2) is 9.05. The van der Waals surface area contributed by atoms with Crippen LogP contribution in [0.3, 0.4) is 0 Å². The maximum atomic E-state index is 12.7. The van der Waals surface area contributed by atoms with Gasteiger partial charge in [0.1, 0.15) is 17.8 Å². The molecule has 8 nitrogen and oxygen atoms in total. The summed E-state index contributed by atoms with van der Waals surface area (Å²) in [7, 11) is 3.26. The number of nitrogens with one attached hydrogen (secondary N) is 1. The number of aromatic nitrogens is 4. The second-order valence-electron chi connectivity index (χ2n) is 7.42. The molecule has 2 aromatic carbocycles. The molecule has 0 aliphatic heterocycles. The summed E-state index contributed by atoms with van der Waals surface area (Å²) < 4.78 is 12.4. The van der Waals surface area contributed by atoms with Gasteiger partial charge in [0.15, 0.2) is 0 Å². The Morgan fingerprint density at radius 1 is 1.06 bits per heavy atom. The van der Waals surface area contributed by atoms with Crippen LogP contribution in [0.2, 0.25) is 0 Å². The van der Waals surface area contributed by atoms with Gasteiger partial charge >= 0.3 is 0 Å². The Labute approximate surface area is 186 Å². The zero-order valence-corrected chi connectivity index (χ0v) is 18.5. The highest BCUT2D eigenvalue weighted by atomic mass is 16.5. The molecule has 0 saturated carbocycles. The number of anilines is 1. The van der Waals surface area contributed by atoms with Crippen LogP contribution in [-0.4, -0.2) is 39.7 Å². The van der Waals surface area contributed by atoms with Gasteiger partial charge in [-0.3, -0.25) is 4.79 Å². The normalized spacial score (nSPS) is 10.9. The van der Waals surface area contributed by atoms with Gasteiger partial charge in [0, 0.05) is 29.1 Å². The maximum Gasteiger partial charge on any atom is 0.252 e. The van der Waals surface area contributed by atoms with Crippen molar-refractivity contribution in [1.29, 1.82) is 0 Å². The first-order valence-electron chi connectivity index (χ1n) is 10.3. The predicted molar refractivity (Wildman–Crippen MR) is 122 cm³/mol. The number of amides is 1. The molecule has 0 bridgehead atoms. The van der Waals surface area contributed by atoms with Gasteiger partial charge in [-0.1, -0.05) is 12.1 Å². The Kier molecular flexibility index (Phi) is 6.02. The molecule has 0 aliphatic rings. The van der Waals surface area contributed by atoms with Crippen LogP contribution in [-0.2, 0) is 11.2 Å². The third-order valence-corrected chi connectivity index (χ3v) is 5.47. The van der Waals surface area contributed by atoms with Gasteiger partial charge in [-0.2, -0.15) is 10.1 Å². The SMILES string of the molecule is COc1ccc(-c2cc(NC(=O)CCc3c(C)nc4ncnn4c3C)ccc2OC)cc1. The van der Waals surface area contributed by atoms with Crippen LogP contribution in [0.15, 0.2) is 48.8 Å². The molecule has 164 valence electrons. The molecule has 8 heteroatoms. The van der Waals surface area contributed by atoms with Gasteiger partial charge in [-0.15, -0.1) is 0 Å². The van der Waals surface area contributed by atoms with E-state index >= 15 is 0 Å². The highest BCUT2D eigenvalue weighted by Gasteiger charge is 2.14. The molecule has 0 spiro atoms. The summed E-state index contributed by atoms with van der Waals surface area (Å²) in [5.74, 6) is 2.00. The smallest absolute Gasteiger partial charge is 0.252 e. The first-order chi connectivity index (χ1) is 15.5. The average Bonchev–Trinajstić information content (AvgIpc) is 3.27. The number of aryl methyl sites for hydroxylation is 2. The van der Waals surface area contributed by atoms with Gasteiger partial charge in [-0.05, 0) is 61.7 Å². The first-order valence-corrected chi connectivity index (χ1v) is 10.3. The van der Waals surface area contributed by atoms with Crippen molar-refractivity contribution >= 4 is 17.4 Å². The number of hydrogen-bond donors (Lipinski definition) is 1. The van der Waals surface area contributed by atoms with Crippen molar-refractivity contribution in [1.82, 2.24) is 19.6 Å². The first kappa shape index (κ1) is 21.3. The van der Waals surface area contributed by atoms with Crippen molar-refractivity contribution in [3.8, 4) is 22.6 Å². The van der Waals surface area contributed by atoms with Gasteiger partial charge in [0.25, 0.3) is 5.78 Å². The molecule has 2 aromatic heterocycles. The number of carbonyl (C=O) groups is 1. The topological polar surface area (TPSA) is 90.6 Å². The molecule has 0 fully saturated rings. The van der Waals surface area contributed by atoms with Gasteiger partial charge < -0.3 is 14.8 Å². The second-order valence-corrected chi connectivity index (χ2v) is 7.42. The third-order valence-electron chi connectivity index (χ3n) is 5.47. The molecule has 0 radical (unpaired) electrons. The Morgan fingerprint density at radius 2 is 1.84 bits per heavy atom. The van der Waals surface area contributed by atoms with Crippen molar-refractivity contribution in [2.45, 2.75) is 26.7 Å². The Bertz CT molecular complexity index is 1260. The molecule has 0 saturated heterocycles. The Morgan fingerprint density at radius 3 is 2.56 bits per heavy atom. The summed E-state index contributed by atoms with van der Waals surface area (Å²) in [6.07, 6.45) is 2.37. The number of benzene rings is 2. The molecule has 0 aliphatic carbocycles. The van der Waals surface area contributed by atoms with Crippen LogP contribution in [0.4, 0.5) is 5.69 Å². The molecule has 4 rings (SSSR count). The van der Waals surface area contributed by atoms with Crippen LogP contribution < -0.4 is 14.8 Å². The molecular formula is C24H25N5O3. The van der Waals surface area contributed by atoms with Crippen molar-refractivity contribution in [2.75, 3.05) is 19.5 Å². The van der Waals surface area contributed by atoms with Crippen molar-refractivity contribution < 1.29 is 14.3 Å². The highest BCUT2D eigenvalue weighted by Crippen LogP contribution is 2.33. The fourth-order valence-corrected chi connectivity index (χ4v) is 3.76. The van der Waals surface area contributed by atoms with Gasteiger partial charge in [-0.25, -0.2) is 9.50 Å². The number of hydrogen-bond acceptors (Lipinski definition) is 6. The summed E-state index contributed by atoms with van der Waals surface area (Å²) in [5.41, 5.74) is 5.38. The molecule has 32 heavy (non-hydrogen) atoms. The molecule has 0 unspecified atom stereocenters. The fourth-order valence-electron chi connectivity index (χ4n) is 3.76. The molecule has 4 aromatic rings. The van der Waals surface area contributed by atoms with Crippen LogP contribution in [0, 0.1) is 13.8 Å². The van der Waals surface area contributed by atoms with E-state index in [0.717, 1.165) is 39.6 Å². The minimum Gasteiger partial charge on any atom is -0.497 e. The molecule has 1 N–H and O–H groups in total. The zero-order chi connectivity index (χ0) is 22.7. The summed E-state index contributed by atoms with van der Waals surface area (Å²) in [6, 6.07) is 13.3. The number of fused-ring (bicyclic) bond motifs is 1. The highest BCUT2D eigenvalue weighted by molar-refractivity contribution is 5.92. The lowest BCUT2D eigenvalue weighted by molar-refractivity contribution is -0.116. The largest absolute Gasteiger partial charge is 0.497 e. The van der Waals surface area contributed by atoms with Crippen LogP contribution in [0.25, 0.3) is 16.9 Å². The van der Waals surface area contributed by atoms with E-state index in [-0.39, 0.29) is 5.91 Å². The minimum atomic E-state index is -0.0756. The number of nitrogens with zero attached hydrogens (tertiary/aromatic N) is 4. The molecular weight excluding hydrogens is 406 g/mol. The number of ether oxygens (including phenoxy) is 2. The van der Waals surface area contributed by atoms with Crippen LogP contribution in [0.5, 0.6) is 11.5 Å².